The van der Waals surface area contributed by atoms with Gasteiger partial charge in [-0.15, -0.1) is 0 Å². The smallest absolute Gasteiger partial charge is 0.140 e. The van der Waals surface area contributed by atoms with Crippen LogP contribution in [0.25, 0.3) is 0 Å². The summed E-state index contributed by atoms with van der Waals surface area (Å²) in [4.78, 5) is 0. The van der Waals surface area contributed by atoms with Crippen LogP contribution in [0.1, 0.15) is 39.5 Å². The number of hydrogen-bond acceptors (Lipinski definition) is 5. The number of allylic oxidation sites excluding steroid dienone is 2. The molecule has 1 saturated heterocycles. The molecule has 0 bridgehead atoms. The molecular weight excluding hydrogens is 264 g/mol. The van der Waals surface area contributed by atoms with Crippen molar-refractivity contribution in [2.24, 2.45) is 0 Å². The molecule has 0 amide bonds. The van der Waals surface area contributed by atoms with Crippen LogP contribution in [0.15, 0.2) is 35.4 Å². The van der Waals surface area contributed by atoms with Crippen molar-refractivity contribution in [3.05, 3.63) is 35.4 Å². The highest BCUT2D eigenvalue weighted by Gasteiger charge is 2.42. The van der Waals surface area contributed by atoms with Gasteiger partial charge in [0.1, 0.15) is 18.2 Å². The number of unbranched alkanes of at least 4 members (excludes halogenated alkanes) is 3. The summed E-state index contributed by atoms with van der Waals surface area (Å²) in [7, 11) is 0. The van der Waals surface area contributed by atoms with Gasteiger partial charge in [0.25, 0.3) is 0 Å². The molecule has 0 aliphatic carbocycles. The van der Waals surface area contributed by atoms with Crippen molar-refractivity contribution in [2.45, 2.75) is 51.9 Å². The largest absolute Gasteiger partial charge is 0.348 e. The Morgan fingerprint density at radius 2 is 2.24 bits per heavy atom. The summed E-state index contributed by atoms with van der Waals surface area (Å²) in [5.41, 5.74) is 2.66. The van der Waals surface area contributed by atoms with Crippen LogP contribution in [0.5, 0.6) is 0 Å². The van der Waals surface area contributed by atoms with Gasteiger partial charge in [-0.3, -0.25) is 5.32 Å². The van der Waals surface area contributed by atoms with E-state index in [4.69, 9.17) is 10.1 Å². The molecule has 0 saturated carbocycles. The van der Waals surface area contributed by atoms with Gasteiger partial charge >= 0.3 is 0 Å². The van der Waals surface area contributed by atoms with Gasteiger partial charge in [0.15, 0.2) is 0 Å². The van der Waals surface area contributed by atoms with Crippen LogP contribution in [0.3, 0.4) is 0 Å². The second-order valence-corrected chi connectivity index (χ2v) is 5.57. The van der Waals surface area contributed by atoms with E-state index < -0.39 is 0 Å². The Morgan fingerprint density at radius 3 is 2.90 bits per heavy atom. The monoisotopic (exact) mass is 290 g/mol. The number of nitrogens with one attached hydrogen (secondary N) is 4. The summed E-state index contributed by atoms with van der Waals surface area (Å²) in [6.07, 6.45) is 8.22. The quantitative estimate of drug-likeness (QED) is 0.314. The van der Waals surface area contributed by atoms with Gasteiger partial charge in [-0.2, -0.15) is 0 Å². The van der Waals surface area contributed by atoms with E-state index in [0.717, 1.165) is 29.3 Å². The average molecular weight is 290 g/mol. The molecule has 116 valence electrons. The zero-order valence-electron chi connectivity index (χ0n) is 13.0. The molecule has 21 heavy (non-hydrogen) atoms. The lowest BCUT2D eigenvalue weighted by Crippen LogP contribution is -2.32. The van der Waals surface area contributed by atoms with Crippen molar-refractivity contribution < 1.29 is 4.74 Å². The molecule has 0 aromatic carbocycles. The van der Waals surface area contributed by atoms with E-state index in [2.05, 4.69) is 29.5 Å². The molecule has 2 aliphatic heterocycles. The minimum Gasteiger partial charge on any atom is -0.348 e. The summed E-state index contributed by atoms with van der Waals surface area (Å²) < 4.78 is 5.65. The Kier molecular flexibility index (Phi) is 5.59. The maximum absolute atomic E-state index is 7.64. The molecule has 1 fully saturated rings. The average Bonchev–Trinajstić information content (AvgIpc) is 3.18. The summed E-state index contributed by atoms with van der Waals surface area (Å²) >= 11 is 0. The predicted octanol–water partition coefficient (Wildman–Crippen LogP) is 2.35. The van der Waals surface area contributed by atoms with E-state index in [0.29, 0.717) is 0 Å². The summed E-state index contributed by atoms with van der Waals surface area (Å²) in [5.74, 6) is 0.801. The van der Waals surface area contributed by atoms with Crippen molar-refractivity contribution in [1.82, 2.24) is 16.0 Å². The minimum absolute atomic E-state index is 0.0267. The fourth-order valence-electron chi connectivity index (χ4n) is 2.46. The SMILES string of the molecule is C=C1C=C(C)N/C(=C(\C=N)C2OC2NCCCCCC)N1. The molecule has 0 aromatic heterocycles. The van der Waals surface area contributed by atoms with E-state index >= 15 is 0 Å². The maximum atomic E-state index is 7.64. The molecule has 2 unspecified atom stereocenters. The number of epoxide rings is 1. The fourth-order valence-corrected chi connectivity index (χ4v) is 2.46. The Hall–Kier alpha value is -1.59. The van der Waals surface area contributed by atoms with Crippen LogP contribution in [-0.2, 0) is 4.74 Å². The van der Waals surface area contributed by atoms with Crippen molar-refractivity contribution >= 4 is 6.21 Å². The highest BCUT2D eigenvalue weighted by atomic mass is 16.6. The Morgan fingerprint density at radius 1 is 1.43 bits per heavy atom. The maximum Gasteiger partial charge on any atom is 0.140 e. The lowest BCUT2D eigenvalue weighted by Gasteiger charge is -2.21. The van der Waals surface area contributed by atoms with Gasteiger partial charge in [-0.1, -0.05) is 32.8 Å². The first-order chi connectivity index (χ1) is 10.2. The van der Waals surface area contributed by atoms with Gasteiger partial charge < -0.3 is 20.8 Å². The second kappa shape index (κ2) is 7.43. The molecule has 2 heterocycles. The predicted molar refractivity (Wildman–Crippen MR) is 85.8 cm³/mol. The highest BCUT2D eigenvalue weighted by Crippen LogP contribution is 2.28. The van der Waals surface area contributed by atoms with E-state index in [-0.39, 0.29) is 12.3 Å². The third-order valence-electron chi connectivity index (χ3n) is 3.62. The summed E-state index contributed by atoms with van der Waals surface area (Å²) in [6, 6.07) is 0. The molecule has 5 heteroatoms. The highest BCUT2D eigenvalue weighted by molar-refractivity contribution is 5.79. The standard InChI is InChI=1S/C16H26N4O/c1-4-5-6-7-8-18-16-14(21-16)13(10-17)15-19-11(2)9-12(3)20-15/h9-10,14,16-20H,2,4-8H2,1,3H3/b15-13+,17-10?. The molecule has 2 aliphatic rings. The minimum atomic E-state index is -0.0534. The molecule has 4 N–H and O–H groups in total. The second-order valence-electron chi connectivity index (χ2n) is 5.57. The zero-order valence-corrected chi connectivity index (χ0v) is 13.0. The van der Waals surface area contributed by atoms with Gasteiger partial charge in [-0.25, -0.2) is 0 Å². The van der Waals surface area contributed by atoms with Crippen molar-refractivity contribution in [3.63, 3.8) is 0 Å². The first kappa shape index (κ1) is 15.8. The van der Waals surface area contributed by atoms with Crippen LogP contribution < -0.4 is 16.0 Å². The van der Waals surface area contributed by atoms with Gasteiger partial charge in [0.05, 0.1) is 0 Å². The number of ether oxygens (including phenoxy) is 1. The van der Waals surface area contributed by atoms with Crippen LogP contribution in [0.4, 0.5) is 0 Å². The zero-order chi connectivity index (χ0) is 15.2. The number of hydrogen-bond donors (Lipinski definition) is 4. The fraction of sp³-hybridized carbons (Fsp3) is 0.562. The Balaban J connectivity index is 1.85. The van der Waals surface area contributed by atoms with Gasteiger partial charge in [-0.05, 0) is 26.0 Å². The molecule has 2 atom stereocenters. The third kappa shape index (κ3) is 4.44. The van der Waals surface area contributed by atoms with Crippen LogP contribution in [0, 0.1) is 5.41 Å². The lowest BCUT2D eigenvalue weighted by atomic mass is 10.1. The topological polar surface area (TPSA) is 72.5 Å². The van der Waals surface area contributed by atoms with Crippen LogP contribution >= 0.6 is 0 Å². The molecule has 0 radical (unpaired) electrons. The first-order valence-corrected chi connectivity index (χ1v) is 7.70. The molecular formula is C16H26N4O. The van der Waals surface area contributed by atoms with Crippen molar-refractivity contribution in [2.75, 3.05) is 6.54 Å². The van der Waals surface area contributed by atoms with E-state index in [1.807, 2.05) is 13.0 Å². The number of rotatable bonds is 8. The van der Waals surface area contributed by atoms with Gasteiger partial charge in [0.2, 0.25) is 0 Å². The Bertz CT molecular complexity index is 467. The molecule has 0 spiro atoms. The first-order valence-electron chi connectivity index (χ1n) is 7.70. The summed E-state index contributed by atoms with van der Waals surface area (Å²) in [5, 5.41) is 17.4. The van der Waals surface area contributed by atoms with E-state index in [1.165, 1.54) is 31.9 Å². The molecule has 0 aromatic rings. The van der Waals surface area contributed by atoms with E-state index in [9.17, 15) is 0 Å². The third-order valence-corrected chi connectivity index (χ3v) is 3.62. The normalized spacial score (nSPS) is 26.6. The van der Waals surface area contributed by atoms with Crippen molar-refractivity contribution in [1.29, 1.82) is 5.41 Å². The van der Waals surface area contributed by atoms with Crippen LogP contribution in [0.2, 0.25) is 0 Å². The van der Waals surface area contributed by atoms with Gasteiger partial charge in [0, 0.05) is 23.2 Å². The van der Waals surface area contributed by atoms with Crippen LogP contribution in [-0.4, -0.2) is 25.1 Å². The van der Waals surface area contributed by atoms with Crippen molar-refractivity contribution in [3.8, 4) is 0 Å². The molecule has 5 nitrogen and oxygen atoms in total. The summed E-state index contributed by atoms with van der Waals surface area (Å²) in [6.45, 7) is 9.07. The molecule has 2 rings (SSSR count). The lowest BCUT2D eigenvalue weighted by molar-refractivity contribution is 0.353. The Labute approximate surface area is 127 Å². The van der Waals surface area contributed by atoms with E-state index in [1.54, 1.807) is 0 Å².